The second-order valence-corrected chi connectivity index (χ2v) is 7.68. The maximum Gasteiger partial charge on any atom is 0.236 e. The number of ether oxygens (including phenoxy) is 1. The van der Waals surface area contributed by atoms with Crippen LogP contribution in [0.5, 0.6) is 0 Å². The summed E-state index contributed by atoms with van der Waals surface area (Å²) in [4.78, 5) is 0. The summed E-state index contributed by atoms with van der Waals surface area (Å²) in [5.74, 6) is 0. The van der Waals surface area contributed by atoms with Crippen molar-refractivity contribution in [2.24, 2.45) is 0 Å². The van der Waals surface area contributed by atoms with E-state index in [2.05, 4.69) is 0 Å². The largest absolute Gasteiger partial charge is 0.374 e. The lowest BCUT2D eigenvalue weighted by atomic mass is 10.0. The van der Waals surface area contributed by atoms with Gasteiger partial charge in [-0.15, -0.1) is 0 Å². The second kappa shape index (κ2) is 6.08. The molecular formula is C15H18ClNO3S. The topological polar surface area (TPSA) is 46.6 Å². The fourth-order valence-electron chi connectivity index (χ4n) is 2.74. The van der Waals surface area contributed by atoms with Gasteiger partial charge in [-0.2, -0.15) is 4.31 Å². The Bertz CT molecular complexity index is 651. The van der Waals surface area contributed by atoms with Crippen LogP contribution in [0, 0.1) is 0 Å². The van der Waals surface area contributed by atoms with E-state index in [1.54, 1.807) is 6.08 Å². The van der Waals surface area contributed by atoms with Crippen LogP contribution in [-0.2, 0) is 27.7 Å². The van der Waals surface area contributed by atoms with Crippen LogP contribution in [0.4, 0.5) is 0 Å². The molecule has 0 bridgehead atoms. The molecule has 114 valence electrons. The molecule has 0 saturated carbocycles. The number of hydrogen-bond donors (Lipinski definition) is 0. The highest BCUT2D eigenvalue weighted by Crippen LogP contribution is 2.25. The van der Waals surface area contributed by atoms with Gasteiger partial charge in [0.15, 0.2) is 0 Å². The lowest BCUT2D eigenvalue weighted by molar-refractivity contribution is 0.145. The van der Waals surface area contributed by atoms with Crippen molar-refractivity contribution < 1.29 is 13.2 Å². The van der Waals surface area contributed by atoms with Crippen molar-refractivity contribution in [2.75, 3.05) is 13.2 Å². The van der Waals surface area contributed by atoms with Gasteiger partial charge in [0.25, 0.3) is 0 Å². The van der Waals surface area contributed by atoms with Crippen molar-refractivity contribution >= 4 is 21.6 Å². The quantitative estimate of drug-likeness (QED) is 0.857. The first kappa shape index (κ1) is 15.0. The van der Waals surface area contributed by atoms with Gasteiger partial charge in [0.1, 0.15) is 0 Å². The average Bonchev–Trinajstić information content (AvgIpc) is 2.98. The van der Waals surface area contributed by atoms with E-state index in [9.17, 15) is 8.42 Å². The number of hydrogen-bond acceptors (Lipinski definition) is 3. The monoisotopic (exact) mass is 327 g/mol. The number of benzene rings is 1. The minimum atomic E-state index is -3.40. The zero-order chi connectivity index (χ0) is 14.9. The Morgan fingerprint density at radius 2 is 2.19 bits per heavy atom. The number of sulfonamides is 1. The van der Waals surface area contributed by atoms with Crippen molar-refractivity contribution in [1.82, 2.24) is 4.31 Å². The minimum absolute atomic E-state index is 0.0636. The van der Waals surface area contributed by atoms with E-state index in [1.807, 2.05) is 18.2 Å². The van der Waals surface area contributed by atoms with Gasteiger partial charge >= 0.3 is 0 Å². The van der Waals surface area contributed by atoms with Crippen LogP contribution in [0.15, 0.2) is 29.7 Å². The molecule has 21 heavy (non-hydrogen) atoms. The molecule has 0 N–H and O–H groups in total. The van der Waals surface area contributed by atoms with Crippen LogP contribution in [0.25, 0.3) is 0 Å². The Hall–Kier alpha value is -0.880. The number of fused-ring (bicyclic) bond motifs is 1. The molecule has 1 atom stereocenters. The van der Waals surface area contributed by atoms with Crippen molar-refractivity contribution in [2.45, 2.75) is 31.9 Å². The first-order valence-corrected chi connectivity index (χ1v) is 9.00. The molecule has 2 heterocycles. The summed E-state index contributed by atoms with van der Waals surface area (Å²) in [5.41, 5.74) is 2.16. The number of rotatable bonds is 3. The highest BCUT2D eigenvalue weighted by molar-refractivity contribution is 7.92. The molecule has 1 fully saturated rings. The molecular weight excluding hydrogens is 310 g/mol. The molecule has 2 aliphatic heterocycles. The van der Waals surface area contributed by atoms with Gasteiger partial charge in [0.05, 0.1) is 6.10 Å². The van der Waals surface area contributed by atoms with Gasteiger partial charge in [-0.1, -0.05) is 17.7 Å². The molecule has 0 aliphatic carbocycles. The van der Waals surface area contributed by atoms with Gasteiger partial charge in [-0.3, -0.25) is 0 Å². The minimum Gasteiger partial charge on any atom is -0.374 e. The maximum absolute atomic E-state index is 12.4. The van der Waals surface area contributed by atoms with Crippen LogP contribution >= 0.6 is 11.6 Å². The Morgan fingerprint density at radius 3 is 2.95 bits per heavy atom. The normalized spacial score (nSPS) is 23.6. The lowest BCUT2D eigenvalue weighted by Crippen LogP contribution is -2.34. The average molecular weight is 328 g/mol. The first-order valence-electron chi connectivity index (χ1n) is 7.12. The van der Waals surface area contributed by atoms with Crippen LogP contribution in [0.3, 0.4) is 0 Å². The predicted octanol–water partition coefficient (Wildman–Crippen LogP) is 2.72. The highest BCUT2D eigenvalue weighted by atomic mass is 35.5. The predicted molar refractivity (Wildman–Crippen MR) is 82.6 cm³/mol. The van der Waals surface area contributed by atoms with E-state index in [0.717, 1.165) is 24.8 Å². The fourth-order valence-corrected chi connectivity index (χ4v) is 4.15. The van der Waals surface area contributed by atoms with E-state index in [4.69, 9.17) is 16.3 Å². The van der Waals surface area contributed by atoms with Crippen molar-refractivity contribution in [1.29, 1.82) is 0 Å². The maximum atomic E-state index is 12.4. The van der Waals surface area contributed by atoms with Gasteiger partial charge < -0.3 is 4.74 Å². The van der Waals surface area contributed by atoms with E-state index < -0.39 is 10.0 Å². The molecule has 3 rings (SSSR count). The fraction of sp³-hybridized carbons (Fsp3) is 0.467. The number of halogens is 1. The molecule has 0 spiro atoms. The van der Waals surface area contributed by atoms with Crippen LogP contribution in [0.1, 0.15) is 24.0 Å². The van der Waals surface area contributed by atoms with Gasteiger partial charge in [-0.25, -0.2) is 8.42 Å². The molecule has 1 aromatic rings. The summed E-state index contributed by atoms with van der Waals surface area (Å²) in [6, 6.07) is 5.67. The van der Waals surface area contributed by atoms with E-state index >= 15 is 0 Å². The zero-order valence-electron chi connectivity index (χ0n) is 11.7. The summed E-state index contributed by atoms with van der Waals surface area (Å²) < 4.78 is 31.7. The van der Waals surface area contributed by atoms with Crippen molar-refractivity contribution in [3.8, 4) is 0 Å². The second-order valence-electron chi connectivity index (χ2n) is 5.42. The molecule has 1 unspecified atom stereocenters. The Kier molecular flexibility index (Phi) is 4.36. The van der Waals surface area contributed by atoms with Crippen LogP contribution < -0.4 is 0 Å². The molecule has 0 radical (unpaired) electrons. The molecule has 1 saturated heterocycles. The van der Waals surface area contributed by atoms with Crippen molar-refractivity contribution in [3.63, 3.8) is 0 Å². The summed E-state index contributed by atoms with van der Waals surface area (Å²) in [6.07, 6.45) is 4.20. The number of nitrogens with zero attached hydrogens (tertiary/aromatic N) is 1. The third-order valence-corrected chi connectivity index (χ3v) is 5.70. The Labute approximate surface area is 130 Å². The molecule has 6 heteroatoms. The SMILES string of the molecule is O=S(=O)(C=CC1CCCO1)N1CCc2ccc(Cl)cc2C1. The van der Waals surface area contributed by atoms with Gasteiger partial charge in [0.2, 0.25) is 10.0 Å². The Balaban J connectivity index is 1.74. The molecule has 1 aromatic carbocycles. The summed E-state index contributed by atoms with van der Waals surface area (Å²) in [6.45, 7) is 1.60. The van der Waals surface area contributed by atoms with E-state index in [0.29, 0.717) is 24.7 Å². The standard InChI is InChI=1S/C15H18ClNO3S/c16-14-4-3-12-5-7-17(11-13(12)10-14)21(18,19)9-6-15-2-1-8-20-15/h3-4,6,9-10,15H,1-2,5,7-8,11H2. The third kappa shape index (κ3) is 3.48. The van der Waals surface area contributed by atoms with Crippen LogP contribution in [-0.4, -0.2) is 32.0 Å². The van der Waals surface area contributed by atoms with Gasteiger partial charge in [-0.05, 0) is 48.6 Å². The van der Waals surface area contributed by atoms with E-state index in [-0.39, 0.29) is 6.10 Å². The van der Waals surface area contributed by atoms with Crippen LogP contribution in [0.2, 0.25) is 5.02 Å². The molecule has 0 aromatic heterocycles. The summed E-state index contributed by atoms with van der Waals surface area (Å²) in [7, 11) is -3.40. The molecule has 4 nitrogen and oxygen atoms in total. The smallest absolute Gasteiger partial charge is 0.236 e. The third-order valence-electron chi connectivity index (χ3n) is 3.94. The summed E-state index contributed by atoms with van der Waals surface area (Å²) in [5, 5.41) is 1.93. The molecule has 2 aliphatic rings. The highest BCUT2D eigenvalue weighted by Gasteiger charge is 2.25. The zero-order valence-corrected chi connectivity index (χ0v) is 13.2. The molecule has 0 amide bonds. The lowest BCUT2D eigenvalue weighted by Gasteiger charge is -2.27. The Morgan fingerprint density at radius 1 is 1.33 bits per heavy atom. The van der Waals surface area contributed by atoms with Gasteiger partial charge in [0, 0.05) is 30.1 Å². The van der Waals surface area contributed by atoms with Crippen molar-refractivity contribution in [3.05, 3.63) is 45.8 Å². The first-order chi connectivity index (χ1) is 10.0. The van der Waals surface area contributed by atoms with E-state index in [1.165, 1.54) is 15.3 Å². The summed E-state index contributed by atoms with van der Waals surface area (Å²) >= 11 is 5.99.